The van der Waals surface area contributed by atoms with Crippen molar-refractivity contribution < 1.29 is 19.1 Å². The Bertz CT molecular complexity index is 1360. The summed E-state index contributed by atoms with van der Waals surface area (Å²) in [6.45, 7) is 2.82. The number of amides is 2. The predicted molar refractivity (Wildman–Crippen MR) is 158 cm³/mol. The number of benzene rings is 2. The van der Waals surface area contributed by atoms with E-state index in [1.165, 1.54) is 4.88 Å². The summed E-state index contributed by atoms with van der Waals surface area (Å²) < 4.78 is 12.0. The average molecular weight is 562 g/mol. The minimum Gasteiger partial charge on any atom is -0.492 e. The van der Waals surface area contributed by atoms with Crippen molar-refractivity contribution in [1.29, 1.82) is 0 Å². The zero-order valence-corrected chi connectivity index (χ0v) is 23.6. The maximum Gasteiger partial charge on any atom is 0.251 e. The topological polar surface area (TPSA) is 104 Å². The Morgan fingerprint density at radius 1 is 1.20 bits per heavy atom. The van der Waals surface area contributed by atoms with Crippen LogP contribution in [0.25, 0.3) is 0 Å². The third-order valence-corrected chi connectivity index (χ3v) is 7.92. The minimum absolute atomic E-state index is 0.131. The molecule has 2 aliphatic rings. The fraction of sp³-hybridized carbons (Fsp3) is 0.367. The highest BCUT2D eigenvalue weighted by Crippen LogP contribution is 2.32. The largest absolute Gasteiger partial charge is 0.492 e. The fourth-order valence-corrected chi connectivity index (χ4v) is 5.38. The Kier molecular flexibility index (Phi) is 8.98. The Labute approximate surface area is 238 Å². The third-order valence-electron chi connectivity index (χ3n) is 6.98. The van der Waals surface area contributed by atoms with E-state index in [-0.39, 0.29) is 24.3 Å². The molecule has 3 aromatic rings. The van der Waals surface area contributed by atoms with Gasteiger partial charge in [0.2, 0.25) is 5.91 Å². The zero-order chi connectivity index (χ0) is 27.9. The van der Waals surface area contributed by atoms with Gasteiger partial charge in [0.05, 0.1) is 11.6 Å². The molecule has 0 fully saturated rings. The van der Waals surface area contributed by atoms with Gasteiger partial charge in [-0.05, 0) is 79.8 Å². The van der Waals surface area contributed by atoms with E-state index < -0.39 is 5.92 Å². The van der Waals surface area contributed by atoms with Gasteiger partial charge in [0.15, 0.2) is 0 Å². The maximum atomic E-state index is 13.4. The van der Waals surface area contributed by atoms with Crippen LogP contribution in [-0.2, 0) is 17.6 Å². The lowest BCUT2D eigenvalue weighted by Gasteiger charge is -2.25. The Hall–Kier alpha value is -3.89. The molecule has 210 valence electrons. The first kappa shape index (κ1) is 27.7. The molecule has 3 N–H and O–H groups in total. The number of hydrogen-bond acceptors (Lipinski definition) is 8. The van der Waals surface area contributed by atoms with Crippen molar-refractivity contribution in [2.45, 2.75) is 18.8 Å². The summed E-state index contributed by atoms with van der Waals surface area (Å²) >= 11 is 1.68. The van der Waals surface area contributed by atoms with Crippen molar-refractivity contribution in [1.82, 2.24) is 15.6 Å². The number of thiophene rings is 1. The molecule has 0 saturated carbocycles. The Morgan fingerprint density at radius 2 is 2.10 bits per heavy atom. The van der Waals surface area contributed by atoms with Crippen molar-refractivity contribution in [2.75, 3.05) is 52.3 Å². The quantitative estimate of drug-likeness (QED) is 0.331. The van der Waals surface area contributed by atoms with E-state index in [9.17, 15) is 9.59 Å². The van der Waals surface area contributed by atoms with E-state index in [4.69, 9.17) is 9.47 Å². The molecule has 2 aromatic carbocycles. The standard InChI is InChI=1S/C30H35N5O4S/c1-35(2)11-12-38-28-16-20(24-17-32-33-18-24)5-7-26(28)34-30(37)23-15-22-14-21(6-8-27(22)39-19-23)29(36)31-10-9-25-4-3-13-40-25/h3-8,13-14,16-17,23-24,33H,9-12,15,18-19H2,1-2H3,(H,31,36)(H,34,37). The molecule has 0 aliphatic carbocycles. The fourth-order valence-electron chi connectivity index (χ4n) is 4.68. The smallest absolute Gasteiger partial charge is 0.251 e. The molecule has 2 unspecified atom stereocenters. The number of fused-ring (bicyclic) bond motifs is 1. The van der Waals surface area contributed by atoms with E-state index in [1.54, 1.807) is 17.4 Å². The number of nitrogens with one attached hydrogen (secondary N) is 3. The molecule has 0 bridgehead atoms. The molecule has 0 spiro atoms. The van der Waals surface area contributed by atoms with Crippen LogP contribution in [0.1, 0.15) is 32.3 Å². The van der Waals surface area contributed by atoms with E-state index >= 15 is 0 Å². The second kappa shape index (κ2) is 13.0. The number of ether oxygens (including phenoxy) is 2. The second-order valence-electron chi connectivity index (χ2n) is 10.3. The summed E-state index contributed by atoms with van der Waals surface area (Å²) in [6, 6.07) is 15.3. The van der Waals surface area contributed by atoms with Crippen LogP contribution in [0.2, 0.25) is 0 Å². The summed E-state index contributed by atoms with van der Waals surface area (Å²) in [7, 11) is 3.98. The van der Waals surface area contributed by atoms with Crippen molar-refractivity contribution in [2.24, 2.45) is 11.0 Å². The molecule has 3 heterocycles. The lowest BCUT2D eigenvalue weighted by molar-refractivity contribution is -0.121. The molecule has 1 aromatic heterocycles. The monoisotopic (exact) mass is 561 g/mol. The predicted octanol–water partition coefficient (Wildman–Crippen LogP) is 3.52. The van der Waals surface area contributed by atoms with Gasteiger partial charge in [-0.2, -0.15) is 5.10 Å². The van der Waals surface area contributed by atoms with Gasteiger partial charge in [-0.1, -0.05) is 12.1 Å². The van der Waals surface area contributed by atoms with E-state index in [2.05, 4.69) is 27.2 Å². The van der Waals surface area contributed by atoms with E-state index in [1.807, 2.05) is 67.0 Å². The maximum absolute atomic E-state index is 13.4. The summed E-state index contributed by atoms with van der Waals surface area (Å²) in [6.07, 6.45) is 3.16. The zero-order valence-electron chi connectivity index (χ0n) is 22.8. The summed E-state index contributed by atoms with van der Waals surface area (Å²) in [5.41, 5.74) is 6.10. The first-order valence-corrected chi connectivity index (χ1v) is 14.4. The minimum atomic E-state index is -0.398. The molecule has 9 nitrogen and oxygen atoms in total. The van der Waals surface area contributed by atoms with Crippen molar-refractivity contribution in [3.63, 3.8) is 0 Å². The summed E-state index contributed by atoms with van der Waals surface area (Å²) in [4.78, 5) is 29.4. The van der Waals surface area contributed by atoms with Crippen LogP contribution in [0.4, 0.5) is 5.69 Å². The summed E-state index contributed by atoms with van der Waals surface area (Å²) in [5.74, 6) is 0.824. The van der Waals surface area contributed by atoms with Gasteiger partial charge < -0.3 is 30.4 Å². The van der Waals surface area contributed by atoms with Crippen LogP contribution >= 0.6 is 11.3 Å². The van der Waals surface area contributed by atoms with E-state index in [0.29, 0.717) is 42.3 Å². The highest BCUT2D eigenvalue weighted by molar-refractivity contribution is 7.09. The Morgan fingerprint density at radius 3 is 2.88 bits per heavy atom. The van der Waals surface area contributed by atoms with Crippen molar-refractivity contribution >= 4 is 35.1 Å². The number of hydrazone groups is 1. The number of rotatable bonds is 11. The average Bonchev–Trinajstić information content (AvgIpc) is 3.68. The lowest BCUT2D eigenvalue weighted by Crippen LogP contribution is -2.33. The van der Waals surface area contributed by atoms with E-state index in [0.717, 1.165) is 30.6 Å². The first-order chi connectivity index (χ1) is 19.5. The van der Waals surface area contributed by atoms with Gasteiger partial charge in [0.25, 0.3) is 5.91 Å². The van der Waals surface area contributed by atoms with Gasteiger partial charge in [-0.3, -0.25) is 9.59 Å². The van der Waals surface area contributed by atoms with Crippen LogP contribution in [0.5, 0.6) is 11.5 Å². The van der Waals surface area contributed by atoms with Crippen LogP contribution in [0.15, 0.2) is 59.0 Å². The number of anilines is 1. The van der Waals surface area contributed by atoms with Gasteiger partial charge in [-0.25, -0.2) is 0 Å². The van der Waals surface area contributed by atoms with Gasteiger partial charge in [-0.15, -0.1) is 11.3 Å². The van der Waals surface area contributed by atoms with Gasteiger partial charge in [0, 0.05) is 42.2 Å². The molecule has 0 saturated heterocycles. The number of carbonyl (C=O) groups is 2. The number of nitrogens with zero attached hydrogens (tertiary/aromatic N) is 2. The second-order valence-corrected chi connectivity index (χ2v) is 11.3. The molecule has 2 atom stereocenters. The third kappa shape index (κ3) is 7.00. The molecule has 10 heteroatoms. The number of hydrogen-bond donors (Lipinski definition) is 3. The lowest BCUT2D eigenvalue weighted by atomic mass is 9.94. The van der Waals surface area contributed by atoms with Crippen molar-refractivity contribution in [3.05, 3.63) is 75.5 Å². The van der Waals surface area contributed by atoms with Gasteiger partial charge in [0.1, 0.15) is 24.7 Å². The SMILES string of the molecule is CN(C)CCOc1cc(C2C=NNC2)ccc1NC(=O)C1COc2ccc(C(=O)NCCc3cccs3)cc2C1. The highest BCUT2D eigenvalue weighted by atomic mass is 32.1. The Balaban J connectivity index is 1.23. The van der Waals surface area contributed by atoms with Crippen LogP contribution in [0.3, 0.4) is 0 Å². The van der Waals surface area contributed by atoms with Crippen LogP contribution in [-0.4, -0.2) is 69.9 Å². The summed E-state index contributed by atoms with van der Waals surface area (Å²) in [5, 5.41) is 12.2. The molecular weight excluding hydrogens is 526 g/mol. The first-order valence-electron chi connectivity index (χ1n) is 13.5. The molecular formula is C30H35N5O4S. The normalized spacial score (nSPS) is 17.6. The van der Waals surface area contributed by atoms with Crippen molar-refractivity contribution in [3.8, 4) is 11.5 Å². The molecule has 2 amide bonds. The number of likely N-dealkylation sites (N-methyl/N-ethyl adjacent to an activating group) is 1. The van der Waals surface area contributed by atoms with Gasteiger partial charge >= 0.3 is 0 Å². The molecule has 40 heavy (non-hydrogen) atoms. The van der Waals surface area contributed by atoms with Crippen LogP contribution < -0.4 is 25.5 Å². The van der Waals surface area contributed by atoms with Crippen LogP contribution in [0, 0.1) is 5.92 Å². The molecule has 2 aliphatic heterocycles. The number of carbonyl (C=O) groups excluding carboxylic acids is 2. The molecule has 5 rings (SSSR count). The molecule has 0 radical (unpaired) electrons. The highest BCUT2D eigenvalue weighted by Gasteiger charge is 2.28.